The van der Waals surface area contributed by atoms with Crippen molar-refractivity contribution in [3.8, 4) is 22.6 Å². The van der Waals surface area contributed by atoms with Crippen molar-refractivity contribution >= 4 is 0 Å². The molecule has 0 atom stereocenters. The van der Waals surface area contributed by atoms with Gasteiger partial charge in [-0.2, -0.15) is 0 Å². The molecule has 0 aliphatic heterocycles. The maximum atomic E-state index is 5.44. The number of benzene rings is 2. The van der Waals surface area contributed by atoms with Gasteiger partial charge >= 0.3 is 0 Å². The van der Waals surface area contributed by atoms with Crippen molar-refractivity contribution in [1.29, 1.82) is 0 Å². The van der Waals surface area contributed by atoms with Gasteiger partial charge < -0.3 is 9.47 Å². The molecule has 0 unspecified atom stereocenters. The Balaban J connectivity index is 2.14. The summed E-state index contributed by atoms with van der Waals surface area (Å²) in [4.78, 5) is 0. The Kier molecular flexibility index (Phi) is 4.02. The lowest BCUT2D eigenvalue weighted by atomic mass is 10.1. The Hall–Kier alpha value is -2.22. The molecule has 2 rings (SSSR count). The average Bonchev–Trinajstić information content (AvgIpc) is 2.46. The van der Waals surface area contributed by atoms with Crippen molar-refractivity contribution in [2.45, 2.75) is 0 Å². The molecule has 2 nitrogen and oxygen atoms in total. The van der Waals surface area contributed by atoms with Crippen LogP contribution in [0, 0.1) is 0 Å². The summed E-state index contributed by atoms with van der Waals surface area (Å²) >= 11 is 0. The molecular weight excluding hydrogens is 224 g/mol. The zero-order valence-corrected chi connectivity index (χ0v) is 10.4. The molecule has 0 radical (unpaired) electrons. The molecule has 18 heavy (non-hydrogen) atoms. The van der Waals surface area contributed by atoms with E-state index in [0.29, 0.717) is 6.61 Å². The number of ether oxygens (including phenoxy) is 2. The fourth-order valence-electron chi connectivity index (χ4n) is 1.68. The summed E-state index contributed by atoms with van der Waals surface area (Å²) < 4.78 is 10.6. The van der Waals surface area contributed by atoms with Gasteiger partial charge in [0.25, 0.3) is 0 Å². The molecular formula is C16H16O2. The molecule has 0 heterocycles. The van der Waals surface area contributed by atoms with Crippen LogP contribution in [0.1, 0.15) is 0 Å². The van der Waals surface area contributed by atoms with Gasteiger partial charge in [-0.15, -0.1) is 0 Å². The molecule has 0 amide bonds. The molecule has 2 heteroatoms. The van der Waals surface area contributed by atoms with E-state index in [-0.39, 0.29) is 0 Å². The van der Waals surface area contributed by atoms with Crippen molar-refractivity contribution in [3.05, 3.63) is 61.2 Å². The number of hydrogen-bond donors (Lipinski definition) is 0. The highest BCUT2D eigenvalue weighted by Gasteiger charge is 1.99. The van der Waals surface area contributed by atoms with E-state index in [9.17, 15) is 0 Å². The van der Waals surface area contributed by atoms with Gasteiger partial charge in [0.15, 0.2) is 0 Å². The van der Waals surface area contributed by atoms with Crippen molar-refractivity contribution < 1.29 is 9.47 Å². The normalized spacial score (nSPS) is 9.83. The third kappa shape index (κ3) is 2.92. The van der Waals surface area contributed by atoms with Crippen LogP contribution >= 0.6 is 0 Å². The van der Waals surface area contributed by atoms with Crippen LogP contribution in [0.3, 0.4) is 0 Å². The van der Waals surface area contributed by atoms with Gasteiger partial charge in [-0.25, -0.2) is 0 Å². The van der Waals surface area contributed by atoms with E-state index in [4.69, 9.17) is 9.47 Å². The first-order valence-corrected chi connectivity index (χ1v) is 5.81. The SMILES string of the molecule is C=CCOc1ccc(-c2ccc(OC)cc2)cc1. The Bertz CT molecular complexity index is 498. The first-order chi connectivity index (χ1) is 8.83. The molecule has 0 spiro atoms. The largest absolute Gasteiger partial charge is 0.497 e. The molecule has 2 aromatic carbocycles. The highest BCUT2D eigenvalue weighted by atomic mass is 16.5. The van der Waals surface area contributed by atoms with Crippen molar-refractivity contribution in [2.24, 2.45) is 0 Å². The lowest BCUT2D eigenvalue weighted by molar-refractivity contribution is 0.363. The summed E-state index contributed by atoms with van der Waals surface area (Å²) in [6, 6.07) is 16.0. The highest BCUT2D eigenvalue weighted by molar-refractivity contribution is 5.64. The van der Waals surface area contributed by atoms with Gasteiger partial charge in [-0.05, 0) is 35.4 Å². The second kappa shape index (κ2) is 5.92. The van der Waals surface area contributed by atoms with Gasteiger partial charge in [0.1, 0.15) is 18.1 Å². The summed E-state index contributed by atoms with van der Waals surface area (Å²) in [7, 11) is 1.67. The maximum Gasteiger partial charge on any atom is 0.119 e. The third-order valence-electron chi connectivity index (χ3n) is 2.65. The van der Waals surface area contributed by atoms with E-state index in [1.54, 1.807) is 13.2 Å². The third-order valence-corrected chi connectivity index (χ3v) is 2.65. The molecule has 0 aromatic heterocycles. The Labute approximate surface area is 107 Å². The van der Waals surface area contributed by atoms with Crippen LogP contribution in [0.2, 0.25) is 0 Å². The van der Waals surface area contributed by atoms with Crippen LogP contribution in [-0.2, 0) is 0 Å². The van der Waals surface area contributed by atoms with Crippen LogP contribution < -0.4 is 9.47 Å². The molecule has 2 aromatic rings. The second-order valence-corrected chi connectivity index (χ2v) is 3.85. The van der Waals surface area contributed by atoms with Crippen molar-refractivity contribution in [2.75, 3.05) is 13.7 Å². The van der Waals surface area contributed by atoms with E-state index < -0.39 is 0 Å². The molecule has 0 saturated heterocycles. The van der Waals surface area contributed by atoms with Crippen LogP contribution in [0.5, 0.6) is 11.5 Å². The first kappa shape index (κ1) is 12.2. The predicted molar refractivity (Wildman–Crippen MR) is 74.1 cm³/mol. The minimum Gasteiger partial charge on any atom is -0.497 e. The molecule has 0 aliphatic carbocycles. The van der Waals surface area contributed by atoms with Gasteiger partial charge in [-0.1, -0.05) is 36.9 Å². The lowest BCUT2D eigenvalue weighted by Crippen LogP contribution is -1.92. The Morgan fingerprint density at radius 1 is 0.889 bits per heavy atom. The molecule has 0 aliphatic rings. The number of rotatable bonds is 5. The van der Waals surface area contributed by atoms with Crippen LogP contribution in [-0.4, -0.2) is 13.7 Å². The zero-order valence-electron chi connectivity index (χ0n) is 10.4. The Morgan fingerprint density at radius 3 is 1.83 bits per heavy atom. The summed E-state index contributed by atoms with van der Waals surface area (Å²) in [5.74, 6) is 1.72. The number of hydrogen-bond acceptors (Lipinski definition) is 2. The van der Waals surface area contributed by atoms with Crippen molar-refractivity contribution in [3.63, 3.8) is 0 Å². The van der Waals surface area contributed by atoms with E-state index in [1.165, 1.54) is 0 Å². The predicted octanol–water partition coefficient (Wildman–Crippen LogP) is 3.93. The summed E-state index contributed by atoms with van der Waals surface area (Å²) in [5, 5.41) is 0. The molecule has 92 valence electrons. The average molecular weight is 240 g/mol. The number of methoxy groups -OCH3 is 1. The van der Waals surface area contributed by atoms with E-state index in [1.807, 2.05) is 48.5 Å². The summed E-state index contributed by atoms with van der Waals surface area (Å²) in [6.45, 7) is 4.15. The van der Waals surface area contributed by atoms with E-state index >= 15 is 0 Å². The standard InChI is InChI=1S/C16H16O2/c1-3-12-18-16-10-6-14(7-11-16)13-4-8-15(17-2)9-5-13/h3-11H,1,12H2,2H3. The van der Waals surface area contributed by atoms with Crippen LogP contribution in [0.15, 0.2) is 61.2 Å². The summed E-state index contributed by atoms with van der Waals surface area (Å²) in [6.07, 6.45) is 1.73. The van der Waals surface area contributed by atoms with Gasteiger partial charge in [0, 0.05) is 0 Å². The monoisotopic (exact) mass is 240 g/mol. The fraction of sp³-hybridized carbons (Fsp3) is 0.125. The van der Waals surface area contributed by atoms with Crippen LogP contribution in [0.4, 0.5) is 0 Å². The minimum atomic E-state index is 0.530. The second-order valence-electron chi connectivity index (χ2n) is 3.85. The minimum absolute atomic E-state index is 0.530. The van der Waals surface area contributed by atoms with E-state index in [2.05, 4.69) is 6.58 Å². The zero-order chi connectivity index (χ0) is 12.8. The highest BCUT2D eigenvalue weighted by Crippen LogP contribution is 2.24. The topological polar surface area (TPSA) is 18.5 Å². The first-order valence-electron chi connectivity index (χ1n) is 5.81. The molecule has 0 fully saturated rings. The molecule has 0 bridgehead atoms. The quantitative estimate of drug-likeness (QED) is 0.737. The fourth-order valence-corrected chi connectivity index (χ4v) is 1.68. The smallest absolute Gasteiger partial charge is 0.119 e. The maximum absolute atomic E-state index is 5.44. The van der Waals surface area contributed by atoms with Gasteiger partial charge in [0.05, 0.1) is 7.11 Å². The molecule has 0 saturated carbocycles. The Morgan fingerprint density at radius 2 is 1.39 bits per heavy atom. The van der Waals surface area contributed by atoms with Crippen molar-refractivity contribution in [1.82, 2.24) is 0 Å². The van der Waals surface area contributed by atoms with Crippen LogP contribution in [0.25, 0.3) is 11.1 Å². The summed E-state index contributed by atoms with van der Waals surface area (Å²) in [5.41, 5.74) is 2.31. The molecule has 0 N–H and O–H groups in total. The van der Waals surface area contributed by atoms with Gasteiger partial charge in [0.2, 0.25) is 0 Å². The van der Waals surface area contributed by atoms with Gasteiger partial charge in [-0.3, -0.25) is 0 Å². The lowest BCUT2D eigenvalue weighted by Gasteiger charge is -2.06. The van der Waals surface area contributed by atoms with E-state index in [0.717, 1.165) is 22.6 Å².